The van der Waals surface area contributed by atoms with Gasteiger partial charge in [0.25, 0.3) is 0 Å². The maximum atomic E-state index is 11.4. The number of amidine groups is 1. The van der Waals surface area contributed by atoms with Gasteiger partial charge in [-0.1, -0.05) is 78.9 Å². The molecule has 0 saturated heterocycles. The summed E-state index contributed by atoms with van der Waals surface area (Å²) in [6.07, 6.45) is -0.600. The average molecular weight is 895 g/mol. The molecule has 0 bridgehead atoms. The van der Waals surface area contributed by atoms with Gasteiger partial charge >= 0.3 is 0 Å². The molecule has 0 aliphatic rings. The quantitative estimate of drug-likeness (QED) is 0.0294. The van der Waals surface area contributed by atoms with Crippen LogP contribution in [-0.4, -0.2) is 67.2 Å². The van der Waals surface area contributed by atoms with Gasteiger partial charge in [-0.05, 0) is 78.2 Å². The molecule has 0 radical (unpaired) electrons. The van der Waals surface area contributed by atoms with E-state index in [2.05, 4.69) is 5.32 Å². The molecule has 15 heteroatoms. The molecule has 0 fully saturated rings. The predicted molar refractivity (Wildman–Crippen MR) is 253 cm³/mol. The Hall–Kier alpha value is -9.50. The van der Waals surface area contributed by atoms with Crippen LogP contribution in [0, 0.1) is 5.41 Å². The number of aromatic nitrogens is 1. The molecule has 2 aromatic heterocycles. The van der Waals surface area contributed by atoms with E-state index in [0.717, 1.165) is 16.8 Å². The zero-order valence-electron chi connectivity index (χ0n) is 35.1. The van der Waals surface area contributed by atoms with Crippen LogP contribution in [0.2, 0.25) is 0 Å². The van der Waals surface area contributed by atoms with Gasteiger partial charge in [0.15, 0.2) is 23.0 Å². The van der Waals surface area contributed by atoms with Gasteiger partial charge in [0, 0.05) is 44.1 Å². The summed E-state index contributed by atoms with van der Waals surface area (Å²) < 4.78 is 8.05. The van der Waals surface area contributed by atoms with Gasteiger partial charge in [-0.2, -0.15) is 0 Å². The van der Waals surface area contributed by atoms with Crippen LogP contribution in [0.25, 0.3) is 71.7 Å². The Labute approximate surface area is 378 Å². The molecule has 1 atom stereocenters. The molecule has 332 valence electrons. The van der Waals surface area contributed by atoms with Crippen molar-refractivity contribution in [3.63, 3.8) is 0 Å². The number of rotatable bonds is 8. The Morgan fingerprint density at radius 2 is 1.06 bits per heavy atom. The van der Waals surface area contributed by atoms with Gasteiger partial charge in [0.1, 0.15) is 23.2 Å². The van der Waals surface area contributed by atoms with Gasteiger partial charge in [0.05, 0.1) is 22.2 Å². The van der Waals surface area contributed by atoms with E-state index < -0.39 is 74.8 Å². The smallest absolute Gasteiger partial charge is 0.208 e. The summed E-state index contributed by atoms with van der Waals surface area (Å²) >= 11 is 0. The summed E-state index contributed by atoms with van der Waals surface area (Å²) in [5, 5.41) is 123. The molecule has 10 aromatic rings. The van der Waals surface area contributed by atoms with E-state index in [1.165, 1.54) is 12.1 Å². The molecular weight excluding hydrogens is 857 g/mol. The summed E-state index contributed by atoms with van der Waals surface area (Å²) in [5.41, 5.74) is 3.99. The maximum absolute atomic E-state index is 11.4. The molecule has 0 aliphatic carbocycles. The summed E-state index contributed by atoms with van der Waals surface area (Å²) in [7, 11) is 0. The third kappa shape index (κ3) is 6.60. The first kappa shape index (κ1) is 41.5. The lowest BCUT2D eigenvalue weighted by atomic mass is 9.92. The van der Waals surface area contributed by atoms with Gasteiger partial charge in [-0.15, -0.1) is 0 Å². The fourth-order valence-electron chi connectivity index (χ4n) is 8.65. The van der Waals surface area contributed by atoms with E-state index in [4.69, 9.17) is 9.41 Å². The van der Waals surface area contributed by atoms with E-state index >= 15 is 0 Å². The zero-order chi connectivity index (χ0) is 47.0. The van der Waals surface area contributed by atoms with E-state index in [-0.39, 0.29) is 22.5 Å². The SMILES string of the molecule is C/C(=N\C(NC(=N)c1ccc2oc3ccc(-n4c5ccccc5c5cc(-c6c(O)c(O)c(O)c(O)c6O)cc(-c6c(O)c(O)c(O)c(O)c6O)c54)cc3c2c1)c1ccccc1)c1ccccc1. The van der Waals surface area contributed by atoms with E-state index in [0.29, 0.717) is 49.5 Å². The van der Waals surface area contributed by atoms with Crippen molar-refractivity contribution < 1.29 is 55.5 Å². The molecule has 1 unspecified atom stereocenters. The highest BCUT2D eigenvalue weighted by Crippen LogP contribution is 2.59. The van der Waals surface area contributed by atoms with Crippen molar-refractivity contribution in [3.8, 4) is 85.4 Å². The highest BCUT2D eigenvalue weighted by atomic mass is 16.4. The van der Waals surface area contributed by atoms with Crippen LogP contribution >= 0.6 is 0 Å². The molecule has 8 aromatic carbocycles. The van der Waals surface area contributed by atoms with Crippen LogP contribution < -0.4 is 5.32 Å². The van der Waals surface area contributed by atoms with Crippen molar-refractivity contribution in [1.29, 1.82) is 5.41 Å². The number of hydrogen-bond donors (Lipinski definition) is 12. The minimum absolute atomic E-state index is 0.0982. The third-order valence-electron chi connectivity index (χ3n) is 12.0. The minimum atomic E-state index is -1.21. The number of benzene rings is 8. The number of aliphatic imine (C=N–C) groups is 1. The van der Waals surface area contributed by atoms with Gasteiger partial charge < -0.3 is 65.4 Å². The van der Waals surface area contributed by atoms with Crippen LogP contribution in [0.5, 0.6) is 57.5 Å². The Kier molecular flexibility index (Phi) is 9.69. The monoisotopic (exact) mass is 894 g/mol. The standard InChI is InChI=1S/C52H38N4O11/c1-24(25-10-4-2-5-11-25)54-52(26-12-6-3-7-13-26)55-51(53)27-16-18-36-31(20-27)32-23-29(17-19-37(32)67-36)56-35-15-9-8-14-30(35)33-21-28(38-41(57)45(61)49(65)46(62)42(38)58)22-34(40(33)56)39-43(59)47(63)50(66)48(64)44(39)60/h2-23,52,57-66H,1H3,(H2,53,55)/b54-24+. The number of phenolic OH excluding ortho intramolecular Hbond substituents is 10. The summed E-state index contributed by atoms with van der Waals surface area (Å²) in [6.45, 7) is 1.92. The number of furan rings is 1. The highest BCUT2D eigenvalue weighted by Gasteiger charge is 2.31. The summed E-state index contributed by atoms with van der Waals surface area (Å²) in [6, 6.07) is 39.9. The topological polar surface area (TPSA) is 269 Å². The normalized spacial score (nSPS) is 12.3. The van der Waals surface area contributed by atoms with Crippen LogP contribution in [0.4, 0.5) is 0 Å². The first-order chi connectivity index (χ1) is 32.2. The third-order valence-corrected chi connectivity index (χ3v) is 12.0. The second-order valence-corrected chi connectivity index (χ2v) is 15.9. The lowest BCUT2D eigenvalue weighted by Crippen LogP contribution is -2.28. The molecule has 67 heavy (non-hydrogen) atoms. The number of phenols is 10. The molecular formula is C52H38N4O11. The Morgan fingerprint density at radius 1 is 0.522 bits per heavy atom. The molecule has 2 heterocycles. The van der Waals surface area contributed by atoms with Crippen molar-refractivity contribution >= 4 is 55.3 Å². The van der Waals surface area contributed by atoms with Crippen LogP contribution in [-0.2, 0) is 0 Å². The Bertz CT molecular complexity index is 3650. The lowest BCUT2D eigenvalue weighted by molar-refractivity contribution is 0.330. The minimum Gasteiger partial charge on any atom is -0.504 e. The second-order valence-electron chi connectivity index (χ2n) is 15.9. The van der Waals surface area contributed by atoms with Crippen molar-refractivity contribution in [2.45, 2.75) is 13.1 Å². The number of hydrogen-bond acceptors (Lipinski definition) is 13. The molecule has 15 nitrogen and oxygen atoms in total. The lowest BCUT2D eigenvalue weighted by Gasteiger charge is -2.19. The fourth-order valence-corrected chi connectivity index (χ4v) is 8.65. The van der Waals surface area contributed by atoms with Gasteiger partial charge in [-0.3, -0.25) is 10.4 Å². The average Bonchev–Trinajstić information content (AvgIpc) is 3.89. The van der Waals surface area contributed by atoms with E-state index in [1.54, 1.807) is 53.1 Å². The van der Waals surface area contributed by atoms with Crippen LogP contribution in [0.3, 0.4) is 0 Å². The summed E-state index contributed by atoms with van der Waals surface area (Å²) in [4.78, 5) is 4.99. The summed E-state index contributed by atoms with van der Waals surface area (Å²) in [5.74, 6) is -11.1. The van der Waals surface area contributed by atoms with Crippen molar-refractivity contribution in [1.82, 2.24) is 9.88 Å². The molecule has 10 rings (SSSR count). The van der Waals surface area contributed by atoms with Crippen molar-refractivity contribution in [2.24, 2.45) is 4.99 Å². The largest absolute Gasteiger partial charge is 0.504 e. The Morgan fingerprint density at radius 3 is 1.70 bits per heavy atom. The first-order valence-corrected chi connectivity index (χ1v) is 20.7. The molecule has 0 saturated carbocycles. The predicted octanol–water partition coefficient (Wildman–Crippen LogP) is 10.2. The zero-order valence-corrected chi connectivity index (χ0v) is 35.1. The highest BCUT2D eigenvalue weighted by molar-refractivity contribution is 6.17. The van der Waals surface area contributed by atoms with Crippen molar-refractivity contribution in [2.75, 3.05) is 0 Å². The number of nitrogens with zero attached hydrogens (tertiary/aromatic N) is 2. The number of fused-ring (bicyclic) bond motifs is 6. The molecule has 12 N–H and O–H groups in total. The molecule has 0 aliphatic heterocycles. The van der Waals surface area contributed by atoms with E-state index in [9.17, 15) is 56.5 Å². The number of para-hydroxylation sites is 1. The van der Waals surface area contributed by atoms with Crippen molar-refractivity contribution in [3.05, 3.63) is 150 Å². The van der Waals surface area contributed by atoms with Crippen LogP contribution in [0.1, 0.15) is 29.8 Å². The number of nitrogens with one attached hydrogen (secondary N) is 2. The Balaban J connectivity index is 1.18. The second kappa shape index (κ2) is 15.6. The first-order valence-electron chi connectivity index (χ1n) is 20.7. The number of aromatic hydroxyl groups is 10. The molecule has 0 spiro atoms. The van der Waals surface area contributed by atoms with Gasteiger partial charge in [0.2, 0.25) is 34.5 Å². The van der Waals surface area contributed by atoms with Gasteiger partial charge in [-0.25, -0.2) is 0 Å². The molecule has 0 amide bonds. The van der Waals surface area contributed by atoms with Crippen LogP contribution in [0.15, 0.2) is 143 Å². The van der Waals surface area contributed by atoms with E-state index in [1.807, 2.05) is 79.7 Å². The maximum Gasteiger partial charge on any atom is 0.208 e. The fraction of sp³-hybridized carbons (Fsp3) is 0.0385.